The van der Waals surface area contributed by atoms with Crippen molar-refractivity contribution < 1.29 is 4.79 Å². The van der Waals surface area contributed by atoms with E-state index in [1.54, 1.807) is 4.90 Å². The summed E-state index contributed by atoms with van der Waals surface area (Å²) in [6.45, 7) is 4.30. The molecule has 1 saturated heterocycles. The molecule has 0 aliphatic carbocycles. The lowest BCUT2D eigenvalue weighted by Gasteiger charge is -2.14. The second-order valence-electron chi connectivity index (χ2n) is 4.02. The molecule has 1 aromatic heterocycles. The van der Waals surface area contributed by atoms with Crippen molar-refractivity contribution in [3.8, 4) is 12.3 Å². The lowest BCUT2D eigenvalue weighted by atomic mass is 10.1. The molecule has 1 aromatic rings. The Hall–Kier alpha value is -1.89. The van der Waals surface area contributed by atoms with Gasteiger partial charge in [0.25, 0.3) is 0 Å². The Morgan fingerprint density at radius 3 is 2.56 bits per heavy atom. The predicted molar refractivity (Wildman–Crippen MR) is 60.8 cm³/mol. The van der Waals surface area contributed by atoms with Crippen LogP contribution in [0.25, 0.3) is 0 Å². The van der Waals surface area contributed by atoms with Gasteiger partial charge in [-0.05, 0) is 19.9 Å². The molecule has 0 radical (unpaired) electrons. The number of carbonyl (C=O) groups is 1. The molecule has 0 aromatic carbocycles. The van der Waals surface area contributed by atoms with Crippen molar-refractivity contribution in [2.75, 3.05) is 11.4 Å². The number of anilines is 1. The van der Waals surface area contributed by atoms with Gasteiger partial charge in [-0.2, -0.15) is 0 Å². The van der Waals surface area contributed by atoms with Gasteiger partial charge in [-0.3, -0.25) is 9.69 Å². The van der Waals surface area contributed by atoms with Crippen LogP contribution < -0.4 is 4.90 Å². The van der Waals surface area contributed by atoms with Gasteiger partial charge in [0, 0.05) is 30.3 Å². The van der Waals surface area contributed by atoms with Crippen molar-refractivity contribution in [3.63, 3.8) is 0 Å². The van der Waals surface area contributed by atoms with E-state index in [1.165, 1.54) is 0 Å². The third kappa shape index (κ3) is 1.89. The van der Waals surface area contributed by atoms with Crippen LogP contribution in [-0.2, 0) is 4.79 Å². The fourth-order valence-electron chi connectivity index (χ4n) is 1.84. The molecule has 0 bridgehead atoms. The minimum Gasteiger partial charge on any atom is -0.279 e. The van der Waals surface area contributed by atoms with Crippen molar-refractivity contribution >= 4 is 11.9 Å². The number of rotatable bonds is 1. The Kier molecular flexibility index (Phi) is 2.61. The van der Waals surface area contributed by atoms with Gasteiger partial charge in [0.2, 0.25) is 11.9 Å². The first kappa shape index (κ1) is 10.6. The van der Waals surface area contributed by atoms with E-state index in [-0.39, 0.29) is 11.8 Å². The highest BCUT2D eigenvalue weighted by molar-refractivity contribution is 5.94. The van der Waals surface area contributed by atoms with Crippen LogP contribution >= 0.6 is 0 Å². The number of hydrogen-bond donors (Lipinski definition) is 0. The predicted octanol–water partition coefficient (Wildman–Crippen LogP) is 1.08. The van der Waals surface area contributed by atoms with Crippen LogP contribution in [0, 0.1) is 32.1 Å². The van der Waals surface area contributed by atoms with Crippen molar-refractivity contribution in [2.45, 2.75) is 20.3 Å². The van der Waals surface area contributed by atoms with Gasteiger partial charge in [0.1, 0.15) is 0 Å². The fraction of sp³-hybridized carbons (Fsp3) is 0.417. The summed E-state index contributed by atoms with van der Waals surface area (Å²) in [5.41, 5.74) is 1.72. The highest BCUT2D eigenvalue weighted by Crippen LogP contribution is 2.21. The van der Waals surface area contributed by atoms with E-state index >= 15 is 0 Å². The van der Waals surface area contributed by atoms with Gasteiger partial charge in [0.15, 0.2) is 0 Å². The van der Waals surface area contributed by atoms with Crippen LogP contribution in [0.3, 0.4) is 0 Å². The molecule has 1 aliphatic rings. The molecule has 2 heterocycles. The van der Waals surface area contributed by atoms with E-state index in [0.29, 0.717) is 18.9 Å². The Labute approximate surface area is 94.7 Å². The van der Waals surface area contributed by atoms with E-state index in [4.69, 9.17) is 6.42 Å². The molecule has 0 N–H and O–H groups in total. The Balaban J connectivity index is 2.32. The Morgan fingerprint density at radius 2 is 2.06 bits per heavy atom. The van der Waals surface area contributed by atoms with Gasteiger partial charge in [-0.25, -0.2) is 9.97 Å². The fourth-order valence-corrected chi connectivity index (χ4v) is 1.84. The molecule has 1 atom stereocenters. The lowest BCUT2D eigenvalue weighted by molar-refractivity contribution is -0.117. The number of carbonyl (C=O) groups excluding carboxylic acids is 1. The minimum absolute atomic E-state index is 0.00736. The molecule has 4 nitrogen and oxygen atoms in total. The summed E-state index contributed by atoms with van der Waals surface area (Å²) in [7, 11) is 0. The summed E-state index contributed by atoms with van der Waals surface area (Å²) in [5.74, 6) is 3.07. The Morgan fingerprint density at radius 1 is 1.44 bits per heavy atom. The van der Waals surface area contributed by atoms with Gasteiger partial charge < -0.3 is 0 Å². The standard InChI is InChI=1S/C12H13N3O/c1-4-10-6-11(16)15(7-10)12-13-8(2)5-9(3)14-12/h1,5,10H,6-7H2,2-3H3. The number of aromatic nitrogens is 2. The molecule has 0 spiro atoms. The van der Waals surface area contributed by atoms with E-state index < -0.39 is 0 Å². The molecule has 0 saturated carbocycles. The zero-order chi connectivity index (χ0) is 11.7. The van der Waals surface area contributed by atoms with Gasteiger partial charge >= 0.3 is 0 Å². The second kappa shape index (κ2) is 3.93. The first-order valence-corrected chi connectivity index (χ1v) is 5.19. The molecule has 1 unspecified atom stereocenters. The molecule has 82 valence electrons. The third-order valence-corrected chi connectivity index (χ3v) is 2.57. The molecular formula is C12H13N3O. The molecule has 1 amide bonds. The first-order valence-electron chi connectivity index (χ1n) is 5.19. The van der Waals surface area contributed by atoms with Crippen LogP contribution in [0.5, 0.6) is 0 Å². The first-order chi connectivity index (χ1) is 7.60. The van der Waals surface area contributed by atoms with Crippen molar-refractivity contribution in [1.29, 1.82) is 0 Å². The quantitative estimate of drug-likeness (QED) is 0.658. The average Bonchev–Trinajstić information content (AvgIpc) is 2.58. The largest absolute Gasteiger partial charge is 0.279 e. The van der Waals surface area contributed by atoms with E-state index in [9.17, 15) is 4.79 Å². The molecule has 4 heteroatoms. The van der Waals surface area contributed by atoms with Gasteiger partial charge in [0.05, 0.1) is 0 Å². The Bertz CT molecular complexity index is 455. The zero-order valence-corrected chi connectivity index (χ0v) is 9.40. The SMILES string of the molecule is C#CC1CC(=O)N(c2nc(C)cc(C)n2)C1. The molecular weight excluding hydrogens is 202 g/mol. The van der Waals surface area contributed by atoms with E-state index in [1.807, 2.05) is 19.9 Å². The van der Waals surface area contributed by atoms with E-state index in [2.05, 4.69) is 15.9 Å². The summed E-state index contributed by atoms with van der Waals surface area (Å²) >= 11 is 0. The normalized spacial score (nSPS) is 19.9. The van der Waals surface area contributed by atoms with Crippen LogP contribution in [0.2, 0.25) is 0 Å². The van der Waals surface area contributed by atoms with Gasteiger partial charge in [-0.15, -0.1) is 12.3 Å². The maximum atomic E-state index is 11.7. The number of nitrogens with zero attached hydrogens (tertiary/aromatic N) is 3. The van der Waals surface area contributed by atoms with Crippen molar-refractivity contribution in [1.82, 2.24) is 9.97 Å². The van der Waals surface area contributed by atoms with Crippen LogP contribution in [0.4, 0.5) is 5.95 Å². The lowest BCUT2D eigenvalue weighted by Crippen LogP contribution is -2.27. The van der Waals surface area contributed by atoms with Crippen LogP contribution in [0.15, 0.2) is 6.07 Å². The number of hydrogen-bond acceptors (Lipinski definition) is 3. The smallest absolute Gasteiger partial charge is 0.232 e. The number of amides is 1. The summed E-state index contributed by atoms with van der Waals surface area (Å²) in [5, 5.41) is 0. The average molecular weight is 215 g/mol. The van der Waals surface area contributed by atoms with Crippen molar-refractivity contribution in [2.24, 2.45) is 5.92 Å². The minimum atomic E-state index is -0.0167. The maximum Gasteiger partial charge on any atom is 0.232 e. The summed E-state index contributed by atoms with van der Waals surface area (Å²) in [6, 6.07) is 1.88. The van der Waals surface area contributed by atoms with Gasteiger partial charge in [-0.1, -0.05) is 0 Å². The highest BCUT2D eigenvalue weighted by Gasteiger charge is 2.31. The number of terminal acetylenes is 1. The molecule has 1 aliphatic heterocycles. The monoisotopic (exact) mass is 215 g/mol. The van der Waals surface area contributed by atoms with Crippen molar-refractivity contribution in [3.05, 3.63) is 17.5 Å². The summed E-state index contributed by atoms with van der Waals surface area (Å²) in [4.78, 5) is 21.8. The third-order valence-electron chi connectivity index (χ3n) is 2.57. The second-order valence-corrected chi connectivity index (χ2v) is 4.02. The summed E-state index contributed by atoms with van der Waals surface area (Å²) in [6.07, 6.45) is 5.72. The van der Waals surface area contributed by atoms with Crippen LogP contribution in [-0.4, -0.2) is 22.4 Å². The highest BCUT2D eigenvalue weighted by atomic mass is 16.2. The topological polar surface area (TPSA) is 46.1 Å². The van der Waals surface area contributed by atoms with Crippen LogP contribution in [0.1, 0.15) is 17.8 Å². The zero-order valence-electron chi connectivity index (χ0n) is 9.40. The summed E-state index contributed by atoms with van der Waals surface area (Å²) < 4.78 is 0. The molecule has 2 rings (SSSR count). The molecule has 1 fully saturated rings. The maximum absolute atomic E-state index is 11.7. The molecule has 16 heavy (non-hydrogen) atoms. The number of aryl methyl sites for hydroxylation is 2. The van der Waals surface area contributed by atoms with E-state index in [0.717, 1.165) is 11.4 Å².